The molecule has 1 aliphatic heterocycles. The van der Waals surface area contributed by atoms with Crippen LogP contribution < -0.4 is 5.32 Å². The highest BCUT2D eigenvalue weighted by atomic mass is 32.2. The first kappa shape index (κ1) is 18.8. The number of thiophene rings is 1. The van der Waals surface area contributed by atoms with Crippen molar-refractivity contribution in [1.82, 2.24) is 10.2 Å². The largest absolute Gasteiger partial charge is 0.351 e. The van der Waals surface area contributed by atoms with E-state index in [0.29, 0.717) is 27.9 Å². The molecular weight excluding hydrogens is 379 g/mol. The third-order valence-corrected chi connectivity index (χ3v) is 7.18. The zero-order valence-electron chi connectivity index (χ0n) is 14.2. The minimum absolute atomic E-state index is 0.0611. The predicted molar refractivity (Wildman–Crippen MR) is 98.6 cm³/mol. The third kappa shape index (κ3) is 4.04. The van der Waals surface area contributed by atoms with Crippen molar-refractivity contribution in [3.05, 3.63) is 35.0 Å². The van der Waals surface area contributed by atoms with Crippen LogP contribution in [0.3, 0.4) is 0 Å². The lowest BCUT2D eigenvalue weighted by Crippen LogP contribution is -2.44. The number of hydrogen-bond donors (Lipinski definition) is 1. The lowest BCUT2D eigenvalue weighted by Gasteiger charge is -2.20. The van der Waals surface area contributed by atoms with Crippen LogP contribution in [0, 0.1) is 5.82 Å². The zero-order valence-corrected chi connectivity index (χ0v) is 15.8. The summed E-state index contributed by atoms with van der Waals surface area (Å²) >= 11 is 1.18. The number of nitrogens with zero attached hydrogens (tertiary/aromatic N) is 1. The first-order valence-electron chi connectivity index (χ1n) is 8.26. The summed E-state index contributed by atoms with van der Waals surface area (Å²) in [6, 6.07) is 5.76. The molecule has 1 unspecified atom stereocenters. The zero-order chi connectivity index (χ0) is 18.9. The van der Waals surface area contributed by atoms with Crippen molar-refractivity contribution in [2.24, 2.45) is 0 Å². The van der Waals surface area contributed by atoms with Crippen molar-refractivity contribution in [2.75, 3.05) is 24.6 Å². The van der Waals surface area contributed by atoms with Crippen molar-refractivity contribution in [3.63, 3.8) is 0 Å². The molecule has 1 fully saturated rings. The number of hydrogen-bond acceptors (Lipinski definition) is 5. The van der Waals surface area contributed by atoms with E-state index in [1.54, 1.807) is 19.1 Å². The van der Waals surface area contributed by atoms with Crippen molar-refractivity contribution in [2.45, 2.75) is 19.4 Å². The number of carbonyl (C=O) groups is 2. The summed E-state index contributed by atoms with van der Waals surface area (Å²) in [5, 5.41) is 3.06. The molecule has 0 spiro atoms. The molecule has 1 atom stereocenters. The van der Waals surface area contributed by atoms with Gasteiger partial charge in [-0.05, 0) is 31.5 Å². The predicted octanol–water partition coefficient (Wildman–Crippen LogP) is 1.81. The van der Waals surface area contributed by atoms with Crippen LogP contribution in [0.4, 0.5) is 4.39 Å². The van der Waals surface area contributed by atoms with E-state index in [2.05, 4.69) is 5.32 Å². The molecule has 140 valence electrons. The average Bonchev–Trinajstić information content (AvgIpc) is 3.16. The van der Waals surface area contributed by atoms with E-state index in [9.17, 15) is 22.4 Å². The number of benzene rings is 1. The highest BCUT2D eigenvalue weighted by Crippen LogP contribution is 2.28. The summed E-state index contributed by atoms with van der Waals surface area (Å²) in [7, 11) is -3.08. The van der Waals surface area contributed by atoms with Gasteiger partial charge in [0.15, 0.2) is 9.84 Å². The number of rotatable bonds is 5. The molecule has 2 amide bonds. The second-order valence-corrected chi connectivity index (χ2v) is 9.56. The highest BCUT2D eigenvalue weighted by Gasteiger charge is 2.29. The minimum Gasteiger partial charge on any atom is -0.351 e. The number of carbonyl (C=O) groups excluding carboxylic acids is 2. The molecule has 1 aromatic heterocycles. The second kappa shape index (κ2) is 7.32. The minimum atomic E-state index is -3.08. The van der Waals surface area contributed by atoms with Gasteiger partial charge in [0, 0.05) is 22.7 Å². The van der Waals surface area contributed by atoms with Gasteiger partial charge in [-0.2, -0.15) is 0 Å². The maximum Gasteiger partial charge on any atom is 0.264 e. The summed E-state index contributed by atoms with van der Waals surface area (Å²) < 4.78 is 37.4. The molecule has 1 N–H and O–H groups in total. The van der Waals surface area contributed by atoms with E-state index >= 15 is 0 Å². The molecule has 0 bridgehead atoms. The molecule has 26 heavy (non-hydrogen) atoms. The fraction of sp³-hybridized carbons (Fsp3) is 0.412. The number of halogens is 1. The van der Waals surface area contributed by atoms with Gasteiger partial charge < -0.3 is 10.2 Å². The number of likely N-dealkylation sites (N-methyl/N-ethyl adjacent to an activating group) is 1. The Bertz CT molecular complexity index is 955. The Balaban J connectivity index is 1.68. The molecule has 0 aliphatic carbocycles. The first-order valence-corrected chi connectivity index (χ1v) is 10.9. The van der Waals surface area contributed by atoms with Crippen LogP contribution in [0.25, 0.3) is 10.1 Å². The van der Waals surface area contributed by atoms with E-state index in [0.717, 1.165) is 0 Å². The van der Waals surface area contributed by atoms with Gasteiger partial charge >= 0.3 is 0 Å². The summed E-state index contributed by atoms with van der Waals surface area (Å²) in [6.45, 7) is 1.90. The second-order valence-electron chi connectivity index (χ2n) is 6.25. The van der Waals surface area contributed by atoms with E-state index in [1.807, 2.05) is 0 Å². The van der Waals surface area contributed by atoms with Crippen LogP contribution >= 0.6 is 11.3 Å². The Morgan fingerprint density at radius 3 is 2.77 bits per heavy atom. The Labute approximate surface area is 154 Å². The van der Waals surface area contributed by atoms with Crippen molar-refractivity contribution >= 4 is 43.1 Å². The van der Waals surface area contributed by atoms with Crippen LogP contribution in [0.5, 0.6) is 0 Å². The lowest BCUT2D eigenvalue weighted by molar-refractivity contribution is -0.122. The van der Waals surface area contributed by atoms with E-state index in [4.69, 9.17) is 0 Å². The molecule has 1 saturated heterocycles. The number of amides is 2. The van der Waals surface area contributed by atoms with E-state index in [-0.39, 0.29) is 29.8 Å². The highest BCUT2D eigenvalue weighted by molar-refractivity contribution is 7.91. The Morgan fingerprint density at radius 2 is 2.15 bits per heavy atom. The van der Waals surface area contributed by atoms with E-state index < -0.39 is 21.8 Å². The van der Waals surface area contributed by atoms with Crippen LogP contribution in [0.2, 0.25) is 0 Å². The maximum absolute atomic E-state index is 13.8. The van der Waals surface area contributed by atoms with Gasteiger partial charge in [-0.25, -0.2) is 12.8 Å². The summed E-state index contributed by atoms with van der Waals surface area (Å²) in [5.41, 5.74) is 0. The lowest BCUT2D eigenvalue weighted by atomic mass is 10.2. The Kier molecular flexibility index (Phi) is 5.29. The standard InChI is InChI=1S/C17H19FN2O4S2/c1-2-20(9-16(21)19-11-6-7-26(23,24)10-11)17(22)15-8-12-13(18)4-3-5-14(12)25-15/h3-5,8,11H,2,6-7,9-10H2,1H3,(H,19,21). The Morgan fingerprint density at radius 1 is 1.38 bits per heavy atom. The summed E-state index contributed by atoms with van der Waals surface area (Å²) in [6.07, 6.45) is 0.393. The van der Waals surface area contributed by atoms with Crippen molar-refractivity contribution in [1.29, 1.82) is 0 Å². The van der Waals surface area contributed by atoms with Crippen LogP contribution in [0.15, 0.2) is 24.3 Å². The van der Waals surface area contributed by atoms with Crippen molar-refractivity contribution < 1.29 is 22.4 Å². The SMILES string of the molecule is CCN(CC(=O)NC1CCS(=O)(=O)C1)C(=O)c1cc2c(F)cccc2s1. The molecule has 6 nitrogen and oxygen atoms in total. The van der Waals surface area contributed by atoms with Gasteiger partial charge in [0.25, 0.3) is 5.91 Å². The molecule has 3 rings (SSSR count). The fourth-order valence-corrected chi connectivity index (χ4v) is 5.69. The quantitative estimate of drug-likeness (QED) is 0.833. The van der Waals surface area contributed by atoms with Crippen LogP contribution in [-0.2, 0) is 14.6 Å². The smallest absolute Gasteiger partial charge is 0.264 e. The molecule has 2 heterocycles. The number of sulfone groups is 1. The van der Waals surface area contributed by atoms with Gasteiger partial charge in [0.2, 0.25) is 5.91 Å². The molecule has 0 radical (unpaired) electrons. The normalized spacial score (nSPS) is 18.8. The van der Waals surface area contributed by atoms with Crippen LogP contribution in [0.1, 0.15) is 23.0 Å². The fourth-order valence-electron chi connectivity index (χ4n) is 2.97. The molecule has 1 aromatic carbocycles. The van der Waals surface area contributed by atoms with E-state index in [1.165, 1.54) is 28.4 Å². The average molecular weight is 398 g/mol. The topological polar surface area (TPSA) is 83.6 Å². The van der Waals surface area contributed by atoms with Gasteiger partial charge in [-0.1, -0.05) is 6.07 Å². The molecular formula is C17H19FN2O4S2. The van der Waals surface area contributed by atoms with Gasteiger partial charge in [0.1, 0.15) is 5.82 Å². The van der Waals surface area contributed by atoms with Crippen LogP contribution in [-0.4, -0.2) is 55.8 Å². The molecule has 1 aliphatic rings. The van der Waals surface area contributed by atoms with Crippen molar-refractivity contribution in [3.8, 4) is 0 Å². The van der Waals surface area contributed by atoms with Gasteiger partial charge in [-0.3, -0.25) is 9.59 Å². The molecule has 2 aromatic rings. The van der Waals surface area contributed by atoms with Gasteiger partial charge in [0.05, 0.1) is 22.9 Å². The van der Waals surface area contributed by atoms with Gasteiger partial charge in [-0.15, -0.1) is 11.3 Å². The molecule has 9 heteroatoms. The molecule has 0 saturated carbocycles. The Hall–Kier alpha value is -2.00. The third-order valence-electron chi connectivity index (χ3n) is 4.32. The first-order chi connectivity index (χ1) is 12.3. The monoisotopic (exact) mass is 398 g/mol. The summed E-state index contributed by atoms with van der Waals surface area (Å²) in [4.78, 5) is 26.6. The number of fused-ring (bicyclic) bond motifs is 1. The summed E-state index contributed by atoms with van der Waals surface area (Å²) in [5.74, 6) is -1.12. The maximum atomic E-state index is 13.8. The number of nitrogens with one attached hydrogen (secondary N) is 1.